The molecule has 1 aromatic heterocycles. The quantitative estimate of drug-likeness (QED) is 0.770. The van der Waals surface area contributed by atoms with Crippen molar-refractivity contribution in [3.05, 3.63) is 43.8 Å². The monoisotopic (exact) mass is 409 g/mol. The highest BCUT2D eigenvalue weighted by molar-refractivity contribution is 14.1. The van der Waals surface area contributed by atoms with Crippen LogP contribution in [0, 0.1) is 9.39 Å². The molecular weight excluding hydrogens is 400 g/mol. The van der Waals surface area contributed by atoms with E-state index in [2.05, 4.69) is 43.6 Å². The van der Waals surface area contributed by atoms with E-state index in [1.54, 1.807) is 23.0 Å². The third-order valence-corrected chi connectivity index (χ3v) is 4.02. The maximum atomic E-state index is 13.2. The van der Waals surface area contributed by atoms with E-state index in [1.807, 2.05) is 6.92 Å². The van der Waals surface area contributed by atoms with Gasteiger partial charge in [-0.25, -0.2) is 9.07 Å². The molecule has 2 aromatic rings. The topological polar surface area (TPSA) is 43.8 Å². The summed E-state index contributed by atoms with van der Waals surface area (Å²) in [5.41, 5.74) is 6.86. The van der Waals surface area contributed by atoms with Gasteiger partial charge in [-0.2, -0.15) is 5.10 Å². The first kappa shape index (κ1) is 12.8. The van der Waals surface area contributed by atoms with Gasteiger partial charge in [0.1, 0.15) is 11.6 Å². The van der Waals surface area contributed by atoms with Gasteiger partial charge >= 0.3 is 0 Å². The molecule has 1 aromatic carbocycles. The summed E-state index contributed by atoms with van der Waals surface area (Å²) in [5.74, 6) is 0.350. The second kappa shape index (κ2) is 4.93. The summed E-state index contributed by atoms with van der Waals surface area (Å²) in [7, 11) is 0. The number of nitrogens with zero attached hydrogens (tertiary/aromatic N) is 2. The zero-order valence-corrected chi connectivity index (χ0v) is 12.7. The van der Waals surface area contributed by atoms with Gasteiger partial charge in [-0.3, -0.25) is 0 Å². The Kier molecular flexibility index (Phi) is 3.72. The van der Waals surface area contributed by atoms with Crippen LogP contribution in [0.2, 0.25) is 0 Å². The van der Waals surface area contributed by atoms with Crippen molar-refractivity contribution in [2.24, 2.45) is 0 Å². The first-order chi connectivity index (χ1) is 8.00. The molecule has 0 aliphatic carbocycles. The zero-order valence-electron chi connectivity index (χ0n) is 8.99. The van der Waals surface area contributed by atoms with Gasteiger partial charge in [0, 0.05) is 0 Å². The highest BCUT2D eigenvalue weighted by Gasteiger charge is 2.14. The molecule has 1 unspecified atom stereocenters. The Labute approximate surface area is 120 Å². The van der Waals surface area contributed by atoms with E-state index in [1.165, 1.54) is 6.07 Å². The number of nitrogens with two attached hydrogens (primary N) is 1. The van der Waals surface area contributed by atoms with Crippen LogP contribution in [-0.2, 0) is 0 Å². The van der Waals surface area contributed by atoms with Gasteiger partial charge in [-0.15, -0.1) is 0 Å². The summed E-state index contributed by atoms with van der Waals surface area (Å²) in [6, 6.07) is 4.88. The van der Waals surface area contributed by atoms with Crippen LogP contribution in [0.3, 0.4) is 0 Å². The molecule has 0 amide bonds. The van der Waals surface area contributed by atoms with Gasteiger partial charge in [0.05, 0.1) is 20.3 Å². The van der Waals surface area contributed by atoms with E-state index < -0.39 is 0 Å². The van der Waals surface area contributed by atoms with E-state index in [0.717, 1.165) is 9.13 Å². The van der Waals surface area contributed by atoms with Crippen molar-refractivity contribution in [1.29, 1.82) is 0 Å². The largest absolute Gasteiger partial charge is 0.383 e. The fourth-order valence-electron chi connectivity index (χ4n) is 1.57. The van der Waals surface area contributed by atoms with E-state index in [9.17, 15) is 4.39 Å². The van der Waals surface area contributed by atoms with Crippen molar-refractivity contribution in [3.8, 4) is 0 Å². The first-order valence-corrected chi connectivity index (χ1v) is 6.81. The molecule has 2 rings (SSSR count). The summed E-state index contributed by atoms with van der Waals surface area (Å²) >= 11 is 5.31. The third-order valence-electron chi connectivity index (χ3n) is 2.58. The van der Waals surface area contributed by atoms with E-state index in [0.29, 0.717) is 10.3 Å². The number of hydrogen-bond acceptors (Lipinski definition) is 2. The lowest BCUT2D eigenvalue weighted by molar-refractivity contribution is 0.568. The normalized spacial score (nSPS) is 12.7. The molecule has 0 aliphatic heterocycles. The highest BCUT2D eigenvalue weighted by Crippen LogP contribution is 2.26. The molecule has 0 aliphatic rings. The zero-order chi connectivity index (χ0) is 12.6. The van der Waals surface area contributed by atoms with E-state index >= 15 is 0 Å². The van der Waals surface area contributed by atoms with Gasteiger partial charge in [0.15, 0.2) is 0 Å². The molecule has 0 bridgehead atoms. The molecule has 0 fully saturated rings. The molecule has 90 valence electrons. The standard InChI is InChI=1S/C11H10BrFIN3/c1-6(17-11(15)10(14)5-16-17)7-2-3-9(13)8(12)4-7/h2-6H,15H2,1H3. The second-order valence-corrected chi connectivity index (χ2v) is 5.69. The van der Waals surface area contributed by atoms with Crippen LogP contribution in [0.5, 0.6) is 0 Å². The Balaban J connectivity index is 2.40. The van der Waals surface area contributed by atoms with Crippen molar-refractivity contribution in [2.45, 2.75) is 13.0 Å². The summed E-state index contributed by atoms with van der Waals surface area (Å²) in [4.78, 5) is 0. The molecule has 6 heteroatoms. The van der Waals surface area contributed by atoms with Gasteiger partial charge < -0.3 is 5.73 Å². The van der Waals surface area contributed by atoms with Crippen LogP contribution in [0.15, 0.2) is 28.9 Å². The molecule has 0 saturated carbocycles. The molecule has 1 atom stereocenters. The number of benzene rings is 1. The second-order valence-electron chi connectivity index (χ2n) is 3.67. The average Bonchev–Trinajstić information content (AvgIpc) is 2.63. The minimum atomic E-state index is -0.274. The Morgan fingerprint density at radius 3 is 2.76 bits per heavy atom. The summed E-state index contributed by atoms with van der Waals surface area (Å²) in [6.45, 7) is 1.97. The Morgan fingerprint density at radius 1 is 1.53 bits per heavy atom. The summed E-state index contributed by atoms with van der Waals surface area (Å²) in [6.07, 6.45) is 1.71. The predicted molar refractivity (Wildman–Crippen MR) is 77.3 cm³/mol. The minimum absolute atomic E-state index is 0.0320. The van der Waals surface area contributed by atoms with Gasteiger partial charge in [0.25, 0.3) is 0 Å². The van der Waals surface area contributed by atoms with Crippen molar-refractivity contribution >= 4 is 44.3 Å². The van der Waals surface area contributed by atoms with Crippen molar-refractivity contribution in [3.63, 3.8) is 0 Å². The molecule has 2 N–H and O–H groups in total. The third kappa shape index (κ3) is 2.47. The Hall–Kier alpha value is -0.630. The fourth-order valence-corrected chi connectivity index (χ4v) is 2.34. The molecule has 0 saturated heterocycles. The SMILES string of the molecule is CC(c1ccc(F)c(Br)c1)n1ncc(I)c1N. The Morgan fingerprint density at radius 2 is 2.24 bits per heavy atom. The molecular formula is C11H10BrFIN3. The lowest BCUT2D eigenvalue weighted by atomic mass is 10.1. The van der Waals surface area contributed by atoms with Gasteiger partial charge in [0.2, 0.25) is 0 Å². The number of nitrogen functional groups attached to an aromatic ring is 1. The number of aromatic nitrogens is 2. The minimum Gasteiger partial charge on any atom is -0.383 e. The van der Waals surface area contributed by atoms with Crippen LogP contribution >= 0.6 is 38.5 Å². The maximum Gasteiger partial charge on any atom is 0.137 e. The van der Waals surface area contributed by atoms with Crippen molar-refractivity contribution in [2.75, 3.05) is 5.73 Å². The summed E-state index contributed by atoms with van der Waals surface area (Å²) < 4.78 is 16.2. The molecule has 1 heterocycles. The van der Waals surface area contributed by atoms with Crippen LogP contribution < -0.4 is 5.73 Å². The lowest BCUT2D eigenvalue weighted by Gasteiger charge is -2.15. The van der Waals surface area contributed by atoms with Crippen LogP contribution in [-0.4, -0.2) is 9.78 Å². The Bertz CT molecular complexity index is 556. The fraction of sp³-hybridized carbons (Fsp3) is 0.182. The smallest absolute Gasteiger partial charge is 0.137 e. The average molecular weight is 410 g/mol. The van der Waals surface area contributed by atoms with Crippen LogP contribution in [0.4, 0.5) is 10.2 Å². The van der Waals surface area contributed by atoms with Crippen molar-refractivity contribution in [1.82, 2.24) is 9.78 Å². The highest BCUT2D eigenvalue weighted by atomic mass is 127. The molecule has 0 radical (unpaired) electrons. The van der Waals surface area contributed by atoms with E-state index in [4.69, 9.17) is 5.73 Å². The lowest BCUT2D eigenvalue weighted by Crippen LogP contribution is -2.11. The van der Waals surface area contributed by atoms with Gasteiger partial charge in [-0.1, -0.05) is 6.07 Å². The number of anilines is 1. The van der Waals surface area contributed by atoms with E-state index in [-0.39, 0.29) is 11.9 Å². The number of rotatable bonds is 2. The molecule has 0 spiro atoms. The molecule has 17 heavy (non-hydrogen) atoms. The summed E-state index contributed by atoms with van der Waals surface area (Å²) in [5, 5.41) is 4.22. The van der Waals surface area contributed by atoms with Gasteiger partial charge in [-0.05, 0) is 63.1 Å². The maximum absolute atomic E-state index is 13.2. The predicted octanol–water partition coefficient (Wildman–Crippen LogP) is 3.58. The van der Waals surface area contributed by atoms with Crippen molar-refractivity contribution < 1.29 is 4.39 Å². The van der Waals surface area contributed by atoms with Crippen LogP contribution in [0.1, 0.15) is 18.5 Å². The number of halogens is 3. The number of hydrogen-bond donors (Lipinski definition) is 1. The first-order valence-electron chi connectivity index (χ1n) is 4.94. The van der Waals surface area contributed by atoms with Crippen LogP contribution in [0.25, 0.3) is 0 Å². The molecule has 3 nitrogen and oxygen atoms in total.